The van der Waals surface area contributed by atoms with Gasteiger partial charge in [0.25, 0.3) is 5.91 Å². The Labute approximate surface area is 137 Å². The summed E-state index contributed by atoms with van der Waals surface area (Å²) in [6.45, 7) is 2.75. The monoisotopic (exact) mass is 306 g/mol. The molecular weight excluding hydrogens is 284 g/mol. The number of benzene rings is 2. The molecule has 1 saturated heterocycles. The number of amides is 1. The Morgan fingerprint density at radius 2 is 1.52 bits per heavy atom. The van der Waals surface area contributed by atoms with E-state index in [0.717, 1.165) is 31.2 Å². The zero-order valence-corrected chi connectivity index (χ0v) is 13.3. The van der Waals surface area contributed by atoms with Crippen molar-refractivity contribution in [2.45, 2.75) is 24.9 Å². The van der Waals surface area contributed by atoms with Crippen molar-refractivity contribution >= 4 is 5.91 Å². The van der Waals surface area contributed by atoms with Crippen molar-refractivity contribution in [2.24, 2.45) is 0 Å². The number of carbonyl (C=O) groups excluding carboxylic acids is 1. The van der Waals surface area contributed by atoms with Gasteiger partial charge in [-0.25, -0.2) is 0 Å². The van der Waals surface area contributed by atoms with Crippen molar-refractivity contribution in [3.8, 4) is 0 Å². The summed E-state index contributed by atoms with van der Waals surface area (Å²) in [6.07, 6.45) is 2.63. The van der Waals surface area contributed by atoms with Crippen molar-refractivity contribution in [1.82, 2.24) is 9.80 Å². The molecule has 2 fully saturated rings. The van der Waals surface area contributed by atoms with Gasteiger partial charge in [-0.3, -0.25) is 9.69 Å². The van der Waals surface area contributed by atoms with Gasteiger partial charge in [-0.05, 0) is 30.5 Å². The van der Waals surface area contributed by atoms with E-state index in [9.17, 15) is 4.79 Å². The maximum Gasteiger partial charge on any atom is 0.254 e. The lowest BCUT2D eigenvalue weighted by Gasteiger charge is -2.42. The summed E-state index contributed by atoms with van der Waals surface area (Å²) in [7, 11) is 0. The van der Waals surface area contributed by atoms with Gasteiger partial charge in [-0.15, -0.1) is 0 Å². The quantitative estimate of drug-likeness (QED) is 0.868. The van der Waals surface area contributed by atoms with E-state index in [1.807, 2.05) is 36.4 Å². The molecule has 1 aliphatic heterocycles. The lowest BCUT2D eigenvalue weighted by Crippen LogP contribution is -2.51. The number of carbonyl (C=O) groups is 1. The summed E-state index contributed by atoms with van der Waals surface area (Å²) in [4.78, 5) is 17.6. The first-order chi connectivity index (χ1) is 11.3. The van der Waals surface area contributed by atoms with Gasteiger partial charge < -0.3 is 4.90 Å². The highest BCUT2D eigenvalue weighted by Gasteiger charge is 2.37. The van der Waals surface area contributed by atoms with Gasteiger partial charge in [-0.2, -0.15) is 0 Å². The molecule has 2 aliphatic rings. The average Bonchev–Trinajstić information content (AvgIpc) is 3.47. The number of hydrogen-bond acceptors (Lipinski definition) is 2. The van der Waals surface area contributed by atoms with Crippen molar-refractivity contribution in [2.75, 3.05) is 19.6 Å². The molecule has 1 amide bonds. The van der Waals surface area contributed by atoms with E-state index < -0.39 is 0 Å². The smallest absolute Gasteiger partial charge is 0.254 e. The maximum atomic E-state index is 13.0. The van der Waals surface area contributed by atoms with Crippen LogP contribution in [-0.4, -0.2) is 41.4 Å². The molecule has 1 saturated carbocycles. The van der Waals surface area contributed by atoms with Crippen LogP contribution in [0.25, 0.3) is 0 Å². The third kappa shape index (κ3) is 3.02. The minimum atomic E-state index is 0.148. The lowest BCUT2D eigenvalue weighted by molar-refractivity contribution is 0.0433. The fourth-order valence-corrected chi connectivity index (χ4v) is 3.53. The van der Waals surface area contributed by atoms with Gasteiger partial charge in [0.2, 0.25) is 0 Å². The molecule has 0 spiro atoms. The Balaban J connectivity index is 1.62. The Bertz CT molecular complexity index is 667. The molecule has 1 aliphatic carbocycles. The molecular formula is C20H22N2O. The second-order valence-corrected chi connectivity index (χ2v) is 6.52. The van der Waals surface area contributed by atoms with E-state index in [2.05, 4.69) is 34.1 Å². The summed E-state index contributed by atoms with van der Waals surface area (Å²) in [5, 5.41) is 0. The topological polar surface area (TPSA) is 23.6 Å². The molecule has 2 aromatic carbocycles. The van der Waals surface area contributed by atoms with Crippen LogP contribution < -0.4 is 0 Å². The predicted octanol–water partition coefficient (Wildman–Crippen LogP) is 3.35. The van der Waals surface area contributed by atoms with Crippen LogP contribution in [0.5, 0.6) is 0 Å². The summed E-state index contributed by atoms with van der Waals surface area (Å²) in [5.74, 6) is 0.148. The fraction of sp³-hybridized carbons (Fsp3) is 0.350. The van der Waals surface area contributed by atoms with E-state index in [1.54, 1.807) is 0 Å². The predicted molar refractivity (Wildman–Crippen MR) is 91.3 cm³/mol. The molecule has 2 aromatic rings. The molecule has 0 radical (unpaired) electrons. The number of hydrogen-bond donors (Lipinski definition) is 0. The van der Waals surface area contributed by atoms with E-state index in [0.29, 0.717) is 0 Å². The zero-order chi connectivity index (χ0) is 15.6. The molecule has 0 bridgehead atoms. The van der Waals surface area contributed by atoms with Gasteiger partial charge in [0.15, 0.2) is 0 Å². The van der Waals surface area contributed by atoms with E-state index in [4.69, 9.17) is 0 Å². The first-order valence-electron chi connectivity index (χ1n) is 8.48. The largest absolute Gasteiger partial charge is 0.329 e. The molecule has 23 heavy (non-hydrogen) atoms. The van der Waals surface area contributed by atoms with Crippen molar-refractivity contribution < 1.29 is 4.79 Å². The Kier molecular flexibility index (Phi) is 3.88. The van der Waals surface area contributed by atoms with Gasteiger partial charge in [0.05, 0.1) is 6.04 Å². The zero-order valence-electron chi connectivity index (χ0n) is 13.3. The fourth-order valence-electron chi connectivity index (χ4n) is 3.53. The summed E-state index contributed by atoms with van der Waals surface area (Å²) < 4.78 is 0. The SMILES string of the molecule is O=C(c1ccccc1)N1CCN(C2CC2)CC1c1ccccc1. The lowest BCUT2D eigenvalue weighted by atomic mass is 10.0. The summed E-state index contributed by atoms with van der Waals surface area (Å²) in [6, 6.07) is 21.0. The van der Waals surface area contributed by atoms with Crippen LogP contribution in [0.3, 0.4) is 0 Å². The highest BCUT2D eigenvalue weighted by Crippen LogP contribution is 2.34. The highest BCUT2D eigenvalue weighted by atomic mass is 16.2. The summed E-state index contributed by atoms with van der Waals surface area (Å²) >= 11 is 0. The van der Waals surface area contributed by atoms with Crippen molar-refractivity contribution in [3.63, 3.8) is 0 Å². The molecule has 1 heterocycles. The number of rotatable bonds is 3. The van der Waals surface area contributed by atoms with Crippen LogP contribution in [-0.2, 0) is 0 Å². The Morgan fingerprint density at radius 3 is 2.17 bits per heavy atom. The second-order valence-electron chi connectivity index (χ2n) is 6.52. The minimum absolute atomic E-state index is 0.148. The first kappa shape index (κ1) is 14.5. The number of nitrogens with zero attached hydrogens (tertiary/aromatic N) is 2. The molecule has 3 heteroatoms. The third-order valence-corrected chi connectivity index (χ3v) is 4.94. The average molecular weight is 306 g/mol. The minimum Gasteiger partial charge on any atom is -0.329 e. The normalized spacial score (nSPS) is 22.1. The van der Waals surface area contributed by atoms with Crippen LogP contribution in [0.2, 0.25) is 0 Å². The van der Waals surface area contributed by atoms with Crippen LogP contribution >= 0.6 is 0 Å². The molecule has 0 aromatic heterocycles. The van der Waals surface area contributed by atoms with Crippen molar-refractivity contribution in [3.05, 3.63) is 71.8 Å². The van der Waals surface area contributed by atoms with Gasteiger partial charge in [0.1, 0.15) is 0 Å². The molecule has 1 atom stereocenters. The third-order valence-electron chi connectivity index (χ3n) is 4.94. The van der Waals surface area contributed by atoms with Gasteiger partial charge in [-0.1, -0.05) is 48.5 Å². The van der Waals surface area contributed by atoms with Crippen LogP contribution in [0, 0.1) is 0 Å². The van der Waals surface area contributed by atoms with E-state index in [-0.39, 0.29) is 11.9 Å². The number of piperazine rings is 1. The molecule has 4 rings (SSSR count). The second kappa shape index (κ2) is 6.17. The van der Waals surface area contributed by atoms with Crippen LogP contribution in [0.4, 0.5) is 0 Å². The highest BCUT2D eigenvalue weighted by molar-refractivity contribution is 5.94. The van der Waals surface area contributed by atoms with Crippen molar-refractivity contribution in [1.29, 1.82) is 0 Å². The maximum absolute atomic E-state index is 13.0. The summed E-state index contributed by atoms with van der Waals surface area (Å²) in [5.41, 5.74) is 2.02. The first-order valence-corrected chi connectivity index (χ1v) is 8.48. The molecule has 118 valence electrons. The van der Waals surface area contributed by atoms with Crippen LogP contribution in [0.1, 0.15) is 34.8 Å². The van der Waals surface area contributed by atoms with E-state index in [1.165, 1.54) is 18.4 Å². The Hall–Kier alpha value is -2.13. The van der Waals surface area contributed by atoms with Gasteiger partial charge in [0, 0.05) is 31.2 Å². The molecule has 3 nitrogen and oxygen atoms in total. The molecule has 0 N–H and O–H groups in total. The van der Waals surface area contributed by atoms with E-state index >= 15 is 0 Å². The van der Waals surface area contributed by atoms with Crippen LogP contribution in [0.15, 0.2) is 60.7 Å². The molecule has 1 unspecified atom stereocenters. The van der Waals surface area contributed by atoms with Gasteiger partial charge >= 0.3 is 0 Å². The Morgan fingerprint density at radius 1 is 0.870 bits per heavy atom. The standard InChI is InChI=1S/C20H22N2O/c23-20(17-9-5-2-6-10-17)22-14-13-21(18-11-12-18)15-19(22)16-7-3-1-4-8-16/h1-10,18-19H,11-15H2.